The van der Waals surface area contributed by atoms with Gasteiger partial charge in [0.15, 0.2) is 11.5 Å². The summed E-state index contributed by atoms with van der Waals surface area (Å²) in [6.45, 7) is 1.24. The Hall–Kier alpha value is -1.34. The van der Waals surface area contributed by atoms with Crippen LogP contribution in [0.5, 0.6) is 11.5 Å². The molecular formula is C11H18N2O4. The van der Waals surface area contributed by atoms with Gasteiger partial charge in [-0.05, 0) is 17.7 Å². The Balaban J connectivity index is 2.49. The van der Waals surface area contributed by atoms with E-state index in [4.69, 9.17) is 15.3 Å². The van der Waals surface area contributed by atoms with Crippen molar-refractivity contribution >= 4 is 0 Å². The van der Waals surface area contributed by atoms with Crippen LogP contribution in [-0.4, -0.2) is 51.7 Å². The first-order valence-corrected chi connectivity index (χ1v) is 5.38. The van der Waals surface area contributed by atoms with Crippen LogP contribution in [0.15, 0.2) is 18.2 Å². The maximum atomic E-state index is 9.30. The van der Waals surface area contributed by atoms with Gasteiger partial charge in [0.1, 0.15) is 0 Å². The summed E-state index contributed by atoms with van der Waals surface area (Å²) in [5, 5.41) is 37.7. The van der Waals surface area contributed by atoms with E-state index in [0.717, 1.165) is 5.56 Å². The number of hydrogen-bond donors (Lipinski definition) is 5. The largest absolute Gasteiger partial charge is 0.504 e. The van der Waals surface area contributed by atoms with Gasteiger partial charge in [-0.2, -0.15) is 0 Å². The maximum Gasteiger partial charge on any atom is 0.157 e. The van der Waals surface area contributed by atoms with Crippen LogP contribution in [0.4, 0.5) is 0 Å². The van der Waals surface area contributed by atoms with Crippen LogP contribution in [0.1, 0.15) is 5.56 Å². The van der Waals surface area contributed by atoms with Gasteiger partial charge in [-0.15, -0.1) is 0 Å². The first-order valence-electron chi connectivity index (χ1n) is 5.38. The highest BCUT2D eigenvalue weighted by molar-refractivity contribution is 5.40. The summed E-state index contributed by atoms with van der Waals surface area (Å²) in [7, 11) is 0. The van der Waals surface area contributed by atoms with E-state index in [0.29, 0.717) is 19.6 Å². The monoisotopic (exact) mass is 242 g/mol. The molecule has 96 valence electrons. The van der Waals surface area contributed by atoms with E-state index in [1.165, 1.54) is 12.1 Å². The predicted octanol–water partition coefficient (Wildman–Crippen LogP) is -0.611. The van der Waals surface area contributed by atoms with Crippen LogP contribution in [0.25, 0.3) is 0 Å². The second kappa shape index (κ2) is 7.08. The molecule has 0 radical (unpaired) electrons. The summed E-state index contributed by atoms with van der Waals surface area (Å²) in [5.41, 5.74) is 3.80. The Morgan fingerprint density at radius 1 is 1.00 bits per heavy atom. The number of aliphatic hydroxyl groups is 2. The third-order valence-corrected chi connectivity index (χ3v) is 2.29. The average Bonchev–Trinajstić information content (AvgIpc) is 2.31. The Morgan fingerprint density at radius 2 is 1.65 bits per heavy atom. The minimum absolute atomic E-state index is 0.00612. The summed E-state index contributed by atoms with van der Waals surface area (Å²) in [6.07, 6.45) is 0. The number of nitrogens with zero attached hydrogens (tertiary/aromatic N) is 1. The van der Waals surface area contributed by atoms with Crippen molar-refractivity contribution in [3.05, 3.63) is 23.8 Å². The first-order chi connectivity index (χ1) is 8.17. The van der Waals surface area contributed by atoms with Gasteiger partial charge in [-0.25, -0.2) is 5.01 Å². The normalized spacial score (nSPS) is 11.0. The predicted molar refractivity (Wildman–Crippen MR) is 62.4 cm³/mol. The van der Waals surface area contributed by atoms with Crippen molar-refractivity contribution < 1.29 is 20.4 Å². The number of benzene rings is 1. The average molecular weight is 242 g/mol. The van der Waals surface area contributed by atoms with Gasteiger partial charge >= 0.3 is 0 Å². The van der Waals surface area contributed by atoms with Gasteiger partial charge in [0.2, 0.25) is 0 Å². The van der Waals surface area contributed by atoms with E-state index in [9.17, 15) is 5.11 Å². The second-order valence-electron chi connectivity index (χ2n) is 3.59. The molecule has 0 aliphatic heterocycles. The Labute approximate surface area is 99.7 Å². The van der Waals surface area contributed by atoms with Crippen LogP contribution in [0.2, 0.25) is 0 Å². The summed E-state index contributed by atoms with van der Waals surface area (Å²) < 4.78 is 0. The van der Waals surface area contributed by atoms with E-state index in [1.807, 2.05) is 0 Å². The number of phenols is 2. The highest BCUT2D eigenvalue weighted by Crippen LogP contribution is 2.24. The van der Waals surface area contributed by atoms with E-state index in [2.05, 4.69) is 5.43 Å². The summed E-state index contributed by atoms with van der Waals surface area (Å²) in [6, 6.07) is 4.55. The third-order valence-electron chi connectivity index (χ3n) is 2.29. The molecule has 0 aliphatic rings. The third kappa shape index (κ3) is 4.58. The summed E-state index contributed by atoms with van der Waals surface area (Å²) in [4.78, 5) is 0. The molecule has 0 heterocycles. The van der Waals surface area contributed by atoms with Crippen molar-refractivity contribution in [1.82, 2.24) is 10.4 Å². The van der Waals surface area contributed by atoms with Crippen LogP contribution < -0.4 is 5.43 Å². The van der Waals surface area contributed by atoms with Crippen LogP contribution in [0, 0.1) is 0 Å². The summed E-state index contributed by atoms with van der Waals surface area (Å²) in [5.74, 6) is -0.323. The fourth-order valence-corrected chi connectivity index (χ4v) is 1.39. The number of aromatic hydroxyl groups is 2. The van der Waals surface area contributed by atoms with Crippen molar-refractivity contribution in [2.45, 2.75) is 6.54 Å². The molecule has 0 bridgehead atoms. The lowest BCUT2D eigenvalue weighted by Crippen LogP contribution is -2.41. The maximum absolute atomic E-state index is 9.30. The quantitative estimate of drug-likeness (QED) is 0.323. The number of nitrogens with one attached hydrogen (secondary N) is 1. The molecule has 1 aromatic rings. The summed E-state index contributed by atoms with van der Waals surface area (Å²) >= 11 is 0. The number of aliphatic hydroxyl groups excluding tert-OH is 2. The molecule has 1 aromatic carbocycles. The molecule has 0 spiro atoms. The standard InChI is InChI=1S/C11H18N2O4/c14-5-3-13(4-6-15)12-8-9-1-2-10(16)11(17)7-9/h1-2,7,12,14-17H,3-6,8H2. The lowest BCUT2D eigenvalue weighted by atomic mass is 10.2. The van der Waals surface area contributed by atoms with Crippen LogP contribution >= 0.6 is 0 Å². The molecule has 0 aromatic heterocycles. The molecule has 0 aliphatic carbocycles. The number of hydrogen-bond acceptors (Lipinski definition) is 6. The fourth-order valence-electron chi connectivity index (χ4n) is 1.39. The van der Waals surface area contributed by atoms with Gasteiger partial charge in [-0.3, -0.25) is 5.43 Å². The zero-order valence-corrected chi connectivity index (χ0v) is 9.50. The number of rotatable bonds is 7. The zero-order chi connectivity index (χ0) is 12.7. The topological polar surface area (TPSA) is 96.2 Å². The van der Waals surface area contributed by atoms with Crippen molar-refractivity contribution in [2.24, 2.45) is 0 Å². The second-order valence-corrected chi connectivity index (χ2v) is 3.59. The van der Waals surface area contributed by atoms with Crippen molar-refractivity contribution in [3.63, 3.8) is 0 Å². The molecule has 0 amide bonds. The van der Waals surface area contributed by atoms with Gasteiger partial charge < -0.3 is 20.4 Å². The molecule has 0 saturated heterocycles. The lowest BCUT2D eigenvalue weighted by Gasteiger charge is -2.21. The Kier molecular flexibility index (Phi) is 5.71. The molecule has 0 atom stereocenters. The Morgan fingerprint density at radius 3 is 2.18 bits per heavy atom. The molecule has 0 fully saturated rings. The fraction of sp³-hybridized carbons (Fsp3) is 0.455. The van der Waals surface area contributed by atoms with Crippen LogP contribution in [0.3, 0.4) is 0 Å². The molecule has 0 saturated carbocycles. The molecule has 1 rings (SSSR count). The van der Waals surface area contributed by atoms with Gasteiger partial charge in [0.05, 0.1) is 13.2 Å². The molecule has 17 heavy (non-hydrogen) atoms. The van der Waals surface area contributed by atoms with Crippen molar-refractivity contribution in [3.8, 4) is 11.5 Å². The SMILES string of the molecule is OCCN(CCO)NCc1ccc(O)c(O)c1. The van der Waals surface area contributed by atoms with Crippen molar-refractivity contribution in [1.29, 1.82) is 0 Å². The highest BCUT2D eigenvalue weighted by Gasteiger charge is 2.04. The van der Waals surface area contributed by atoms with E-state index in [1.54, 1.807) is 11.1 Å². The molecular weight excluding hydrogens is 224 g/mol. The van der Waals surface area contributed by atoms with Gasteiger partial charge in [-0.1, -0.05) is 6.07 Å². The van der Waals surface area contributed by atoms with E-state index >= 15 is 0 Å². The van der Waals surface area contributed by atoms with Crippen LogP contribution in [-0.2, 0) is 6.54 Å². The minimum atomic E-state index is -0.167. The smallest absolute Gasteiger partial charge is 0.157 e. The highest BCUT2D eigenvalue weighted by atomic mass is 16.3. The number of phenolic OH excluding ortho intramolecular Hbond substituents is 2. The van der Waals surface area contributed by atoms with Gasteiger partial charge in [0, 0.05) is 19.6 Å². The van der Waals surface area contributed by atoms with Crippen molar-refractivity contribution in [2.75, 3.05) is 26.3 Å². The Bertz CT molecular complexity index is 340. The van der Waals surface area contributed by atoms with E-state index < -0.39 is 0 Å². The molecule has 5 N–H and O–H groups in total. The first kappa shape index (κ1) is 13.7. The molecule has 6 nitrogen and oxygen atoms in total. The zero-order valence-electron chi connectivity index (χ0n) is 9.50. The number of hydrazine groups is 1. The lowest BCUT2D eigenvalue weighted by molar-refractivity contribution is 0.113. The minimum Gasteiger partial charge on any atom is -0.504 e. The molecule has 6 heteroatoms. The van der Waals surface area contributed by atoms with E-state index in [-0.39, 0.29) is 24.7 Å². The van der Waals surface area contributed by atoms with Gasteiger partial charge in [0.25, 0.3) is 0 Å². The molecule has 0 unspecified atom stereocenters.